The molecule has 1 heterocycles. The van der Waals surface area contributed by atoms with Crippen molar-refractivity contribution in [3.05, 3.63) is 35.4 Å². The normalized spacial score (nSPS) is 24.2. The molecule has 1 saturated heterocycles. The highest BCUT2D eigenvalue weighted by Gasteiger charge is 2.42. The molecule has 2 N–H and O–H groups in total. The number of alkyl halides is 3. The van der Waals surface area contributed by atoms with E-state index in [2.05, 4.69) is 5.32 Å². The lowest BCUT2D eigenvalue weighted by molar-refractivity contribution is -0.151. The molecule has 1 unspecified atom stereocenters. The highest BCUT2D eigenvalue weighted by atomic mass is 19.4. The van der Waals surface area contributed by atoms with Crippen molar-refractivity contribution in [1.82, 2.24) is 5.32 Å². The minimum Gasteiger partial charge on any atom is -0.480 e. The maximum Gasteiger partial charge on any atom is 0.416 e. The molecular formula is C12H12F3NO3. The highest BCUT2D eigenvalue weighted by Crippen LogP contribution is 2.31. The summed E-state index contributed by atoms with van der Waals surface area (Å²) in [7, 11) is 0. The van der Waals surface area contributed by atoms with Crippen molar-refractivity contribution in [3.63, 3.8) is 0 Å². The van der Waals surface area contributed by atoms with Crippen LogP contribution in [0.4, 0.5) is 13.2 Å². The number of aliphatic carboxylic acids is 1. The summed E-state index contributed by atoms with van der Waals surface area (Å²) in [6.45, 7) is 0.580. The van der Waals surface area contributed by atoms with Crippen LogP contribution in [0.5, 0.6) is 0 Å². The number of rotatable bonds is 2. The monoisotopic (exact) mass is 275 g/mol. The third kappa shape index (κ3) is 2.57. The number of carboxylic acid groups (broad SMARTS) is 1. The second-order valence-electron chi connectivity index (χ2n) is 4.26. The molecule has 1 aliphatic heterocycles. The largest absolute Gasteiger partial charge is 0.480 e. The Morgan fingerprint density at radius 1 is 1.32 bits per heavy atom. The van der Waals surface area contributed by atoms with E-state index in [4.69, 9.17) is 4.74 Å². The lowest BCUT2D eigenvalue weighted by atomic mass is 9.89. The molecule has 1 aliphatic rings. The van der Waals surface area contributed by atoms with E-state index < -0.39 is 23.2 Å². The van der Waals surface area contributed by atoms with E-state index in [9.17, 15) is 23.1 Å². The van der Waals surface area contributed by atoms with Crippen molar-refractivity contribution in [2.24, 2.45) is 0 Å². The maximum absolute atomic E-state index is 12.5. The molecule has 0 aliphatic carbocycles. The van der Waals surface area contributed by atoms with Crippen molar-refractivity contribution in [1.29, 1.82) is 0 Å². The Bertz CT molecular complexity index is 464. The van der Waals surface area contributed by atoms with Crippen LogP contribution in [0, 0.1) is 0 Å². The van der Waals surface area contributed by atoms with Crippen LogP contribution in [0.25, 0.3) is 0 Å². The van der Waals surface area contributed by atoms with Crippen LogP contribution in [-0.2, 0) is 21.2 Å². The van der Waals surface area contributed by atoms with Gasteiger partial charge in [0.25, 0.3) is 0 Å². The fourth-order valence-corrected chi connectivity index (χ4v) is 2.00. The summed E-state index contributed by atoms with van der Waals surface area (Å²) in [6.07, 6.45) is -4.44. The summed E-state index contributed by atoms with van der Waals surface area (Å²) in [5, 5.41) is 12.1. The molecule has 1 fully saturated rings. The van der Waals surface area contributed by atoms with Crippen molar-refractivity contribution in [2.75, 3.05) is 19.8 Å². The molecule has 7 heteroatoms. The molecule has 19 heavy (non-hydrogen) atoms. The first-order valence-electron chi connectivity index (χ1n) is 5.60. The van der Waals surface area contributed by atoms with Gasteiger partial charge in [-0.2, -0.15) is 13.2 Å². The molecule has 4 nitrogen and oxygen atoms in total. The third-order valence-corrected chi connectivity index (χ3v) is 3.06. The second kappa shape index (κ2) is 4.82. The molecule has 0 saturated carbocycles. The van der Waals surface area contributed by atoms with Crippen LogP contribution < -0.4 is 5.32 Å². The number of morpholine rings is 1. The van der Waals surface area contributed by atoms with Crippen LogP contribution in [0.15, 0.2) is 24.3 Å². The fraction of sp³-hybridized carbons (Fsp3) is 0.417. The highest BCUT2D eigenvalue weighted by molar-refractivity contribution is 5.81. The van der Waals surface area contributed by atoms with Crippen LogP contribution in [0.2, 0.25) is 0 Å². The predicted molar refractivity (Wildman–Crippen MR) is 59.6 cm³/mol. The summed E-state index contributed by atoms with van der Waals surface area (Å²) < 4.78 is 42.5. The Balaban J connectivity index is 2.36. The Morgan fingerprint density at radius 3 is 2.37 bits per heavy atom. The summed E-state index contributed by atoms with van der Waals surface area (Å²) in [5.41, 5.74) is -2.05. The van der Waals surface area contributed by atoms with Crippen molar-refractivity contribution < 1.29 is 27.8 Å². The van der Waals surface area contributed by atoms with Gasteiger partial charge in [0, 0.05) is 6.54 Å². The number of halogens is 3. The quantitative estimate of drug-likeness (QED) is 0.861. The minimum absolute atomic E-state index is 0.117. The average Bonchev–Trinajstić information content (AvgIpc) is 2.38. The van der Waals surface area contributed by atoms with Crippen molar-refractivity contribution in [3.8, 4) is 0 Å². The van der Waals surface area contributed by atoms with E-state index >= 15 is 0 Å². The van der Waals surface area contributed by atoms with Gasteiger partial charge >= 0.3 is 12.1 Å². The standard InChI is InChI=1S/C12H12F3NO3/c13-12(14,15)9-3-1-8(2-4-9)11(10(17)18)7-19-6-5-16-11/h1-4,16H,5-7H2,(H,17,18). The Labute approximate surface area is 107 Å². The smallest absolute Gasteiger partial charge is 0.416 e. The lowest BCUT2D eigenvalue weighted by Crippen LogP contribution is -2.56. The molecule has 0 aromatic heterocycles. The number of carboxylic acids is 1. The first-order valence-corrected chi connectivity index (χ1v) is 5.60. The topological polar surface area (TPSA) is 58.6 Å². The summed E-state index contributed by atoms with van der Waals surface area (Å²) in [4.78, 5) is 11.4. The molecule has 1 aromatic carbocycles. The predicted octanol–water partition coefficient (Wildman–Crippen LogP) is 1.61. The van der Waals surface area contributed by atoms with Gasteiger partial charge in [0.05, 0.1) is 18.8 Å². The maximum atomic E-state index is 12.5. The molecule has 1 atom stereocenters. The SMILES string of the molecule is O=C(O)C1(c2ccc(C(F)(F)F)cc2)COCCN1. The third-order valence-electron chi connectivity index (χ3n) is 3.06. The van der Waals surface area contributed by atoms with Gasteiger partial charge in [-0.15, -0.1) is 0 Å². The van der Waals surface area contributed by atoms with Crippen molar-refractivity contribution in [2.45, 2.75) is 11.7 Å². The van der Waals surface area contributed by atoms with Crippen LogP contribution in [-0.4, -0.2) is 30.8 Å². The zero-order valence-corrected chi connectivity index (χ0v) is 9.83. The van der Waals surface area contributed by atoms with Gasteiger partial charge in [0.15, 0.2) is 5.54 Å². The fourth-order valence-electron chi connectivity index (χ4n) is 2.00. The number of ether oxygens (including phenoxy) is 1. The number of carbonyl (C=O) groups is 1. The van der Waals surface area contributed by atoms with Gasteiger partial charge in [-0.1, -0.05) is 12.1 Å². The molecule has 0 radical (unpaired) electrons. The van der Waals surface area contributed by atoms with E-state index in [1.54, 1.807) is 0 Å². The second-order valence-corrected chi connectivity index (χ2v) is 4.26. The van der Waals surface area contributed by atoms with Crippen molar-refractivity contribution >= 4 is 5.97 Å². The van der Waals surface area contributed by atoms with E-state index in [0.29, 0.717) is 13.2 Å². The molecular weight excluding hydrogens is 263 g/mol. The molecule has 0 amide bonds. The first-order chi connectivity index (χ1) is 8.86. The Hall–Kier alpha value is -1.60. The van der Waals surface area contributed by atoms with Gasteiger partial charge in [-0.05, 0) is 17.7 Å². The molecule has 1 aromatic rings. The van der Waals surface area contributed by atoms with Crippen LogP contribution in [0.3, 0.4) is 0 Å². The van der Waals surface area contributed by atoms with E-state index in [1.165, 1.54) is 12.1 Å². The van der Waals surface area contributed by atoms with E-state index in [1.807, 2.05) is 0 Å². The van der Waals surface area contributed by atoms with Crippen LogP contribution in [0.1, 0.15) is 11.1 Å². The zero-order valence-electron chi connectivity index (χ0n) is 9.83. The van der Waals surface area contributed by atoms with Gasteiger partial charge in [0.2, 0.25) is 0 Å². The van der Waals surface area contributed by atoms with Gasteiger partial charge in [-0.3, -0.25) is 5.32 Å². The van der Waals surface area contributed by atoms with Gasteiger partial charge in [0.1, 0.15) is 0 Å². The Kier molecular flexibility index (Phi) is 3.51. The molecule has 0 spiro atoms. The molecule has 0 bridgehead atoms. The zero-order chi connectivity index (χ0) is 14.1. The number of benzene rings is 1. The van der Waals surface area contributed by atoms with E-state index in [0.717, 1.165) is 12.1 Å². The summed E-state index contributed by atoms with van der Waals surface area (Å²) in [5.74, 6) is -1.17. The first kappa shape index (κ1) is 13.8. The minimum atomic E-state index is -4.44. The number of hydrogen-bond donors (Lipinski definition) is 2. The van der Waals surface area contributed by atoms with E-state index in [-0.39, 0.29) is 12.2 Å². The number of hydrogen-bond acceptors (Lipinski definition) is 3. The molecule has 104 valence electrons. The summed E-state index contributed by atoms with van der Waals surface area (Å²) >= 11 is 0. The number of nitrogens with one attached hydrogen (secondary N) is 1. The summed E-state index contributed by atoms with van der Waals surface area (Å²) in [6, 6.07) is 4.07. The van der Waals surface area contributed by atoms with Gasteiger partial charge < -0.3 is 9.84 Å². The van der Waals surface area contributed by atoms with Gasteiger partial charge in [-0.25, -0.2) is 4.79 Å². The molecule has 2 rings (SSSR count). The van der Waals surface area contributed by atoms with Crippen LogP contribution >= 0.6 is 0 Å². The lowest BCUT2D eigenvalue weighted by Gasteiger charge is -2.34. The Morgan fingerprint density at radius 2 is 1.95 bits per heavy atom. The average molecular weight is 275 g/mol.